The summed E-state index contributed by atoms with van der Waals surface area (Å²) in [6.07, 6.45) is 0.600. The van der Waals surface area contributed by atoms with E-state index in [0.717, 1.165) is 0 Å². The lowest BCUT2D eigenvalue weighted by atomic mass is 10.2. The number of ether oxygens (including phenoxy) is 1. The summed E-state index contributed by atoms with van der Waals surface area (Å²) in [6, 6.07) is 5.68. The minimum Gasteiger partial charge on any atom is -0.398 e. The molecule has 0 aliphatic heterocycles. The largest absolute Gasteiger partial charge is 0.398 e. The second kappa shape index (κ2) is 6.52. The molecular weight excluding hydrogens is 266 g/mol. The van der Waals surface area contributed by atoms with Crippen LogP contribution in [0.1, 0.15) is 18.9 Å². The van der Waals surface area contributed by atoms with Crippen molar-refractivity contribution in [1.29, 1.82) is 5.26 Å². The zero-order chi connectivity index (χ0) is 14.5. The van der Waals surface area contributed by atoms with Gasteiger partial charge in [-0.3, -0.25) is 0 Å². The molecule has 0 spiro atoms. The van der Waals surface area contributed by atoms with Crippen molar-refractivity contribution in [3.05, 3.63) is 23.8 Å². The highest BCUT2D eigenvalue weighted by molar-refractivity contribution is 7.89. The number of nitrogens with two attached hydrogens (primary N) is 1. The Morgan fingerprint density at radius 3 is 2.68 bits per heavy atom. The topological polar surface area (TPSA) is 105 Å². The molecule has 0 aliphatic rings. The van der Waals surface area contributed by atoms with Gasteiger partial charge in [-0.05, 0) is 24.6 Å². The molecule has 19 heavy (non-hydrogen) atoms. The molecule has 1 aromatic carbocycles. The van der Waals surface area contributed by atoms with Crippen LogP contribution in [-0.2, 0) is 14.8 Å². The van der Waals surface area contributed by atoms with Crippen molar-refractivity contribution in [2.24, 2.45) is 0 Å². The first-order valence-corrected chi connectivity index (χ1v) is 7.23. The molecule has 1 atom stereocenters. The summed E-state index contributed by atoms with van der Waals surface area (Å²) in [7, 11) is -2.21. The Morgan fingerprint density at radius 1 is 1.53 bits per heavy atom. The highest BCUT2D eigenvalue weighted by Gasteiger charge is 2.21. The number of nitrogens with one attached hydrogen (secondary N) is 1. The number of hydrogen-bond donors (Lipinski definition) is 2. The van der Waals surface area contributed by atoms with Crippen molar-refractivity contribution in [2.45, 2.75) is 24.3 Å². The van der Waals surface area contributed by atoms with Crippen molar-refractivity contribution >= 4 is 15.7 Å². The normalized spacial score (nSPS) is 12.9. The Bertz CT molecular complexity index is 578. The molecule has 7 heteroatoms. The molecular formula is C12H17N3O3S. The molecule has 0 fully saturated rings. The molecule has 3 N–H and O–H groups in total. The molecule has 1 rings (SSSR count). The van der Waals surface area contributed by atoms with Gasteiger partial charge in [-0.15, -0.1) is 0 Å². The third kappa shape index (κ3) is 3.92. The maximum Gasteiger partial charge on any atom is 0.242 e. The average Bonchev–Trinajstić information content (AvgIpc) is 2.37. The van der Waals surface area contributed by atoms with Crippen LogP contribution in [0.5, 0.6) is 0 Å². The monoisotopic (exact) mass is 283 g/mol. The summed E-state index contributed by atoms with van der Waals surface area (Å²) in [6.45, 7) is 2.14. The van der Waals surface area contributed by atoms with Crippen LogP contribution in [0.2, 0.25) is 0 Å². The lowest BCUT2D eigenvalue weighted by molar-refractivity contribution is 0.173. The van der Waals surface area contributed by atoms with Crippen molar-refractivity contribution in [1.82, 2.24) is 4.72 Å². The maximum atomic E-state index is 12.2. The van der Waals surface area contributed by atoms with E-state index < -0.39 is 10.0 Å². The summed E-state index contributed by atoms with van der Waals surface area (Å²) in [5.74, 6) is 0. The van der Waals surface area contributed by atoms with Crippen molar-refractivity contribution in [3.8, 4) is 6.07 Å². The van der Waals surface area contributed by atoms with E-state index in [1.165, 1.54) is 25.3 Å². The van der Waals surface area contributed by atoms with Crippen LogP contribution >= 0.6 is 0 Å². The minimum absolute atomic E-state index is 0.0268. The SMILES string of the molecule is CCC(COC)NS(=O)(=O)c1ccc(C#N)cc1N. The van der Waals surface area contributed by atoms with Gasteiger partial charge < -0.3 is 10.5 Å². The van der Waals surface area contributed by atoms with Crippen molar-refractivity contribution in [2.75, 3.05) is 19.5 Å². The van der Waals surface area contributed by atoms with E-state index in [-0.39, 0.29) is 23.2 Å². The lowest BCUT2D eigenvalue weighted by Gasteiger charge is -2.17. The molecule has 0 bridgehead atoms. The average molecular weight is 283 g/mol. The predicted octanol–water partition coefficient (Wildman–Crippen LogP) is 0.844. The van der Waals surface area contributed by atoms with Gasteiger partial charge in [-0.25, -0.2) is 13.1 Å². The Balaban J connectivity index is 3.04. The van der Waals surface area contributed by atoms with E-state index in [1.54, 1.807) is 0 Å². The summed E-state index contributed by atoms with van der Waals surface area (Å²) in [5, 5.41) is 8.72. The molecule has 0 aliphatic carbocycles. The second-order valence-electron chi connectivity index (χ2n) is 4.05. The zero-order valence-electron chi connectivity index (χ0n) is 10.9. The van der Waals surface area contributed by atoms with Gasteiger partial charge in [0.05, 0.1) is 23.9 Å². The van der Waals surface area contributed by atoms with Gasteiger partial charge in [0.15, 0.2) is 0 Å². The Morgan fingerprint density at radius 2 is 2.21 bits per heavy atom. The van der Waals surface area contributed by atoms with Gasteiger partial charge in [0, 0.05) is 13.2 Å². The van der Waals surface area contributed by atoms with Crippen LogP contribution in [-0.4, -0.2) is 28.2 Å². The first kappa shape index (κ1) is 15.4. The van der Waals surface area contributed by atoms with E-state index in [2.05, 4.69) is 4.72 Å². The van der Waals surface area contributed by atoms with E-state index in [0.29, 0.717) is 12.0 Å². The van der Waals surface area contributed by atoms with Crippen LogP contribution in [0.4, 0.5) is 5.69 Å². The zero-order valence-corrected chi connectivity index (χ0v) is 11.7. The molecule has 0 radical (unpaired) electrons. The smallest absolute Gasteiger partial charge is 0.242 e. The van der Waals surface area contributed by atoms with E-state index in [4.69, 9.17) is 15.7 Å². The van der Waals surface area contributed by atoms with Gasteiger partial charge in [0.1, 0.15) is 4.90 Å². The molecule has 0 saturated carbocycles. The number of nitriles is 1. The second-order valence-corrected chi connectivity index (χ2v) is 5.73. The number of nitrogen functional groups attached to an aromatic ring is 1. The van der Waals surface area contributed by atoms with Crippen molar-refractivity contribution < 1.29 is 13.2 Å². The summed E-state index contributed by atoms with van der Waals surface area (Å²) < 4.78 is 31.8. The number of anilines is 1. The number of sulfonamides is 1. The van der Waals surface area contributed by atoms with Gasteiger partial charge in [0.2, 0.25) is 10.0 Å². The number of nitrogens with zero attached hydrogens (tertiary/aromatic N) is 1. The maximum absolute atomic E-state index is 12.2. The molecule has 0 amide bonds. The molecule has 1 unspecified atom stereocenters. The summed E-state index contributed by atoms with van der Waals surface area (Å²) in [5.41, 5.74) is 6.05. The Labute approximate surface area is 113 Å². The fourth-order valence-electron chi connectivity index (χ4n) is 1.58. The van der Waals surface area contributed by atoms with Gasteiger partial charge in [-0.1, -0.05) is 6.92 Å². The fourth-order valence-corrected chi connectivity index (χ4v) is 3.00. The van der Waals surface area contributed by atoms with Crippen LogP contribution in [0.25, 0.3) is 0 Å². The first-order valence-electron chi connectivity index (χ1n) is 5.75. The Kier molecular flexibility index (Phi) is 5.30. The van der Waals surface area contributed by atoms with E-state index >= 15 is 0 Å². The van der Waals surface area contributed by atoms with Gasteiger partial charge >= 0.3 is 0 Å². The lowest BCUT2D eigenvalue weighted by Crippen LogP contribution is -2.37. The standard InChI is InChI=1S/C12H17N3O3S/c1-3-10(8-18-2)15-19(16,17)12-5-4-9(7-13)6-11(12)14/h4-6,10,15H,3,8,14H2,1-2H3. The molecule has 0 aromatic heterocycles. The highest BCUT2D eigenvalue weighted by Crippen LogP contribution is 2.19. The molecule has 1 aromatic rings. The van der Waals surface area contributed by atoms with Crippen LogP contribution in [0.15, 0.2) is 23.1 Å². The number of benzene rings is 1. The van der Waals surface area contributed by atoms with E-state index in [9.17, 15) is 8.42 Å². The van der Waals surface area contributed by atoms with E-state index in [1.807, 2.05) is 13.0 Å². The number of methoxy groups -OCH3 is 1. The molecule has 0 heterocycles. The number of rotatable bonds is 6. The highest BCUT2D eigenvalue weighted by atomic mass is 32.2. The third-order valence-corrected chi connectivity index (χ3v) is 4.21. The summed E-state index contributed by atoms with van der Waals surface area (Å²) in [4.78, 5) is -0.0268. The molecule has 0 saturated heterocycles. The molecule has 6 nitrogen and oxygen atoms in total. The van der Waals surface area contributed by atoms with Crippen LogP contribution < -0.4 is 10.5 Å². The van der Waals surface area contributed by atoms with Crippen LogP contribution in [0, 0.1) is 11.3 Å². The Hall–Kier alpha value is -1.62. The fraction of sp³-hybridized carbons (Fsp3) is 0.417. The van der Waals surface area contributed by atoms with Crippen LogP contribution in [0.3, 0.4) is 0 Å². The third-order valence-electron chi connectivity index (χ3n) is 2.61. The number of hydrogen-bond acceptors (Lipinski definition) is 5. The quantitative estimate of drug-likeness (QED) is 0.753. The van der Waals surface area contributed by atoms with Gasteiger partial charge in [0.25, 0.3) is 0 Å². The molecule has 104 valence electrons. The predicted molar refractivity (Wildman–Crippen MR) is 71.8 cm³/mol. The van der Waals surface area contributed by atoms with Crippen molar-refractivity contribution in [3.63, 3.8) is 0 Å². The minimum atomic E-state index is -3.71. The first-order chi connectivity index (χ1) is 8.94. The summed E-state index contributed by atoms with van der Waals surface area (Å²) >= 11 is 0. The van der Waals surface area contributed by atoms with Gasteiger partial charge in [-0.2, -0.15) is 5.26 Å².